The Morgan fingerprint density at radius 1 is 1.05 bits per heavy atom. The zero-order valence-corrected chi connectivity index (χ0v) is 22.7. The maximum atomic E-state index is 12.2. The van der Waals surface area contributed by atoms with E-state index in [9.17, 15) is 14.4 Å². The number of carbonyl (C=O) groups excluding carboxylic acids is 1. The van der Waals surface area contributed by atoms with Crippen molar-refractivity contribution in [3.05, 3.63) is 43.0 Å². The first kappa shape index (κ1) is 30.6. The van der Waals surface area contributed by atoms with E-state index in [-0.39, 0.29) is 19.0 Å². The van der Waals surface area contributed by atoms with Crippen molar-refractivity contribution in [2.45, 2.75) is 135 Å². The van der Waals surface area contributed by atoms with Crippen molar-refractivity contribution in [1.29, 1.82) is 0 Å². The number of azide groups is 1. The van der Waals surface area contributed by atoms with E-state index in [0.717, 1.165) is 19.3 Å². The number of aromatic nitrogens is 2. The Bertz CT molecular complexity index is 969. The van der Waals surface area contributed by atoms with Crippen LogP contribution in [-0.2, 0) is 14.3 Å². The quantitative estimate of drug-likeness (QED) is 0.0759. The number of unbranched alkanes of at least 4 members (excludes halogenated alkanes) is 13. The standard InChI is InChI=1S/C27H45N5O5/c1-3-4-5-6-7-8-9-10-11-12-13-14-15-16-17-25(33)36-20-23-22(30-31-28)18-24(37-23)32-19-21(2)26(34)29-27(32)35/h19,22-24H,3-18,20H2,1-2H3,(H,29,34,35)/t22-,23+,24+/m0/s1. The van der Waals surface area contributed by atoms with E-state index in [0.29, 0.717) is 12.0 Å². The number of rotatable bonds is 19. The van der Waals surface area contributed by atoms with Gasteiger partial charge in [0.25, 0.3) is 5.56 Å². The normalized spacial score (nSPS) is 19.0. The number of nitrogens with one attached hydrogen (secondary N) is 1. The van der Waals surface area contributed by atoms with Crippen LogP contribution in [0.5, 0.6) is 0 Å². The number of carbonyl (C=O) groups is 1. The van der Waals surface area contributed by atoms with E-state index in [4.69, 9.17) is 15.0 Å². The summed E-state index contributed by atoms with van der Waals surface area (Å²) in [6.45, 7) is 3.79. The highest BCUT2D eigenvalue weighted by Gasteiger charge is 2.37. The monoisotopic (exact) mass is 519 g/mol. The van der Waals surface area contributed by atoms with Gasteiger partial charge in [0.05, 0.1) is 6.04 Å². The van der Waals surface area contributed by atoms with Gasteiger partial charge in [-0.1, -0.05) is 95.5 Å². The summed E-state index contributed by atoms with van der Waals surface area (Å²) >= 11 is 0. The van der Waals surface area contributed by atoms with Crippen LogP contribution >= 0.6 is 0 Å². The summed E-state index contributed by atoms with van der Waals surface area (Å²) in [5.74, 6) is -0.303. The van der Waals surface area contributed by atoms with Crippen LogP contribution in [0.1, 0.15) is 121 Å². The van der Waals surface area contributed by atoms with Crippen LogP contribution in [0.2, 0.25) is 0 Å². The number of hydrogen-bond donors (Lipinski definition) is 1. The number of ether oxygens (including phenoxy) is 2. The third-order valence-electron chi connectivity index (χ3n) is 7.00. The van der Waals surface area contributed by atoms with Crippen molar-refractivity contribution >= 4 is 5.97 Å². The lowest BCUT2D eigenvalue weighted by Gasteiger charge is -2.17. The van der Waals surface area contributed by atoms with Crippen molar-refractivity contribution in [2.75, 3.05) is 6.61 Å². The van der Waals surface area contributed by atoms with Gasteiger partial charge in [-0.3, -0.25) is 19.1 Å². The highest BCUT2D eigenvalue weighted by molar-refractivity contribution is 5.69. The molecule has 1 aliphatic heterocycles. The summed E-state index contributed by atoms with van der Waals surface area (Å²) in [6, 6.07) is -0.581. The molecule has 1 aromatic rings. The third kappa shape index (κ3) is 11.6. The Hall–Kier alpha value is -2.58. The molecule has 0 aliphatic carbocycles. The Balaban J connectivity index is 1.57. The van der Waals surface area contributed by atoms with E-state index >= 15 is 0 Å². The maximum Gasteiger partial charge on any atom is 0.330 e. The predicted octanol–water partition coefficient (Wildman–Crippen LogP) is 6.23. The smallest absolute Gasteiger partial charge is 0.330 e. The fraction of sp³-hybridized carbons (Fsp3) is 0.815. The first-order valence-electron chi connectivity index (χ1n) is 14.1. The molecule has 1 aromatic heterocycles. The van der Waals surface area contributed by atoms with Crippen LogP contribution in [0.15, 0.2) is 20.9 Å². The summed E-state index contributed by atoms with van der Waals surface area (Å²) in [6.07, 6.45) is 18.2. The molecule has 1 N–H and O–H groups in total. The highest BCUT2D eigenvalue weighted by atomic mass is 16.6. The molecule has 3 atom stereocenters. The Morgan fingerprint density at radius 2 is 1.62 bits per heavy atom. The van der Waals surface area contributed by atoms with Crippen molar-refractivity contribution in [3.8, 4) is 0 Å². The summed E-state index contributed by atoms with van der Waals surface area (Å²) in [7, 11) is 0. The van der Waals surface area contributed by atoms with E-state index < -0.39 is 29.6 Å². The summed E-state index contributed by atoms with van der Waals surface area (Å²) in [5.41, 5.74) is 8.20. The molecule has 0 radical (unpaired) electrons. The van der Waals surface area contributed by atoms with Crippen LogP contribution in [0.25, 0.3) is 10.4 Å². The fourth-order valence-electron chi connectivity index (χ4n) is 4.73. The second-order valence-corrected chi connectivity index (χ2v) is 10.1. The van der Waals surface area contributed by atoms with Crippen LogP contribution in [0.4, 0.5) is 0 Å². The average molecular weight is 520 g/mol. The van der Waals surface area contributed by atoms with E-state index in [1.807, 2.05) is 0 Å². The zero-order chi connectivity index (χ0) is 26.9. The van der Waals surface area contributed by atoms with Gasteiger partial charge in [0.15, 0.2) is 0 Å². The number of nitrogens with zero attached hydrogens (tertiary/aromatic N) is 4. The van der Waals surface area contributed by atoms with Crippen molar-refractivity contribution in [3.63, 3.8) is 0 Å². The largest absolute Gasteiger partial charge is 0.463 e. The van der Waals surface area contributed by atoms with Gasteiger partial charge in [0.2, 0.25) is 0 Å². The first-order valence-corrected chi connectivity index (χ1v) is 14.1. The molecule has 208 valence electrons. The molecule has 0 amide bonds. The van der Waals surface area contributed by atoms with Gasteiger partial charge in [-0.05, 0) is 18.9 Å². The second-order valence-electron chi connectivity index (χ2n) is 10.1. The van der Waals surface area contributed by atoms with E-state index in [1.165, 1.54) is 81.4 Å². The van der Waals surface area contributed by atoms with Crippen LogP contribution in [-0.4, -0.2) is 34.3 Å². The predicted molar refractivity (Wildman–Crippen MR) is 143 cm³/mol. The minimum Gasteiger partial charge on any atom is -0.463 e. The molecule has 37 heavy (non-hydrogen) atoms. The van der Waals surface area contributed by atoms with Crippen LogP contribution in [0.3, 0.4) is 0 Å². The lowest BCUT2D eigenvalue weighted by atomic mass is 10.0. The lowest BCUT2D eigenvalue weighted by Crippen LogP contribution is -2.33. The Morgan fingerprint density at radius 3 is 2.19 bits per heavy atom. The molecule has 1 fully saturated rings. The third-order valence-corrected chi connectivity index (χ3v) is 7.00. The molecular weight excluding hydrogens is 474 g/mol. The second kappa shape index (κ2) is 17.8. The molecule has 10 nitrogen and oxygen atoms in total. The van der Waals surface area contributed by atoms with E-state index in [2.05, 4.69) is 21.9 Å². The average Bonchev–Trinajstić information content (AvgIpc) is 3.27. The minimum absolute atomic E-state index is 0.0469. The molecule has 0 saturated carbocycles. The van der Waals surface area contributed by atoms with Gasteiger partial charge in [-0.15, -0.1) is 0 Å². The number of H-pyrrole nitrogens is 1. The highest BCUT2D eigenvalue weighted by Crippen LogP contribution is 2.30. The van der Waals surface area contributed by atoms with Gasteiger partial charge >= 0.3 is 11.7 Å². The fourth-order valence-corrected chi connectivity index (χ4v) is 4.73. The minimum atomic E-state index is -0.715. The zero-order valence-electron chi connectivity index (χ0n) is 22.7. The van der Waals surface area contributed by atoms with Gasteiger partial charge < -0.3 is 9.47 Å². The topological polar surface area (TPSA) is 139 Å². The van der Waals surface area contributed by atoms with Gasteiger partial charge in [-0.2, -0.15) is 0 Å². The molecule has 0 bridgehead atoms. The molecule has 1 aliphatic rings. The molecule has 1 saturated heterocycles. The van der Waals surface area contributed by atoms with Crippen molar-refractivity contribution in [2.24, 2.45) is 5.11 Å². The Kier molecular flexibility index (Phi) is 14.7. The summed E-state index contributed by atoms with van der Waals surface area (Å²) in [5, 5.41) is 3.75. The van der Waals surface area contributed by atoms with Crippen LogP contribution < -0.4 is 11.2 Å². The van der Waals surface area contributed by atoms with Crippen LogP contribution in [0, 0.1) is 6.92 Å². The number of hydrogen-bond acceptors (Lipinski definition) is 6. The first-order chi connectivity index (χ1) is 18.0. The molecular formula is C27H45N5O5. The Labute approximate surface area is 219 Å². The van der Waals surface area contributed by atoms with Gasteiger partial charge in [0.1, 0.15) is 18.9 Å². The van der Waals surface area contributed by atoms with Gasteiger partial charge in [-0.25, -0.2) is 4.79 Å². The SMILES string of the molecule is CCCCCCCCCCCCCCCCC(=O)OC[C@H]1O[C@@H](n2cc(C)c(=O)[nH]c2=O)C[C@@H]1N=[N+]=[N-]. The number of aromatic amines is 1. The molecule has 2 rings (SSSR count). The molecule has 10 heteroatoms. The molecule has 2 heterocycles. The lowest BCUT2D eigenvalue weighted by molar-refractivity contribution is -0.148. The number of esters is 1. The van der Waals surface area contributed by atoms with Gasteiger partial charge in [0, 0.05) is 29.5 Å². The van der Waals surface area contributed by atoms with Crippen molar-refractivity contribution < 1.29 is 14.3 Å². The molecule has 0 aromatic carbocycles. The molecule has 0 unspecified atom stereocenters. The number of aryl methyl sites for hydroxylation is 1. The summed E-state index contributed by atoms with van der Waals surface area (Å²) < 4.78 is 12.5. The van der Waals surface area contributed by atoms with E-state index in [1.54, 1.807) is 6.92 Å². The summed E-state index contributed by atoms with van der Waals surface area (Å²) in [4.78, 5) is 41.1. The molecule has 0 spiro atoms. The van der Waals surface area contributed by atoms with Crippen molar-refractivity contribution in [1.82, 2.24) is 9.55 Å². The maximum absolute atomic E-state index is 12.2.